The highest BCUT2D eigenvalue weighted by Crippen LogP contribution is 2.11. The second-order valence-electron chi connectivity index (χ2n) is 3.23. The van der Waals surface area contributed by atoms with Crippen molar-refractivity contribution >= 4 is 17.9 Å². The molecule has 5 N–H and O–H groups in total. The monoisotopic (exact) mass is 235 g/mol. The van der Waals surface area contributed by atoms with Gasteiger partial charge in [-0.3, -0.25) is 4.79 Å². The topological polar surface area (TPSA) is 147 Å². The van der Waals surface area contributed by atoms with Crippen LogP contribution in [-0.2, 0) is 19.1 Å². The standard InChI is InChI=1S/C8H13NO7/c1-8(6(12)13,7(14)15)16-3-2-4(9)5(10)11/h4H,2-3,9H2,1H3,(H,10,11)(H,12,13)(H,14,15)/t4-/m0/s1. The molecule has 0 amide bonds. The SMILES string of the molecule is CC(OCC[C@H](N)C(=O)O)(C(=O)O)C(=O)O. The third-order valence-electron chi connectivity index (χ3n) is 1.95. The van der Waals surface area contributed by atoms with Crippen molar-refractivity contribution in [2.24, 2.45) is 5.73 Å². The van der Waals surface area contributed by atoms with E-state index in [9.17, 15) is 14.4 Å². The first kappa shape index (κ1) is 14.3. The number of ether oxygens (including phenoxy) is 1. The number of rotatable bonds is 7. The van der Waals surface area contributed by atoms with Gasteiger partial charge in [0, 0.05) is 0 Å². The lowest BCUT2D eigenvalue weighted by Crippen LogP contribution is -2.47. The molecule has 8 heteroatoms. The minimum Gasteiger partial charge on any atom is -0.480 e. The minimum atomic E-state index is -2.39. The van der Waals surface area contributed by atoms with Crippen molar-refractivity contribution in [1.29, 1.82) is 0 Å². The zero-order valence-electron chi connectivity index (χ0n) is 8.54. The van der Waals surface area contributed by atoms with Gasteiger partial charge in [-0.05, 0) is 13.3 Å². The second-order valence-corrected chi connectivity index (χ2v) is 3.23. The van der Waals surface area contributed by atoms with Gasteiger partial charge < -0.3 is 25.8 Å². The number of carboxylic acids is 3. The van der Waals surface area contributed by atoms with E-state index in [0.29, 0.717) is 0 Å². The number of carbonyl (C=O) groups is 3. The molecule has 0 heterocycles. The fraction of sp³-hybridized carbons (Fsp3) is 0.625. The normalized spacial score (nSPS) is 13.1. The lowest BCUT2D eigenvalue weighted by Gasteiger charge is -2.20. The smallest absolute Gasteiger partial charge is 0.347 e. The maximum absolute atomic E-state index is 10.6. The largest absolute Gasteiger partial charge is 0.480 e. The number of aliphatic carboxylic acids is 3. The van der Waals surface area contributed by atoms with E-state index in [1.807, 2.05) is 0 Å². The fourth-order valence-electron chi connectivity index (χ4n) is 0.728. The van der Waals surface area contributed by atoms with E-state index in [1.54, 1.807) is 0 Å². The summed E-state index contributed by atoms with van der Waals surface area (Å²) in [4.78, 5) is 31.5. The first-order valence-corrected chi connectivity index (χ1v) is 4.31. The first-order chi connectivity index (χ1) is 7.21. The molecule has 0 saturated heterocycles. The van der Waals surface area contributed by atoms with Gasteiger partial charge in [0.1, 0.15) is 6.04 Å². The van der Waals surface area contributed by atoms with Crippen molar-refractivity contribution in [3.05, 3.63) is 0 Å². The second kappa shape index (κ2) is 5.42. The minimum absolute atomic E-state index is 0.175. The first-order valence-electron chi connectivity index (χ1n) is 4.31. The van der Waals surface area contributed by atoms with Crippen molar-refractivity contribution in [2.75, 3.05) is 6.61 Å². The number of carboxylic acid groups (broad SMARTS) is 3. The van der Waals surface area contributed by atoms with E-state index >= 15 is 0 Å². The lowest BCUT2D eigenvalue weighted by atomic mass is 10.1. The van der Waals surface area contributed by atoms with E-state index in [-0.39, 0.29) is 13.0 Å². The Morgan fingerprint density at radius 3 is 2.00 bits per heavy atom. The molecule has 16 heavy (non-hydrogen) atoms. The van der Waals surface area contributed by atoms with Crippen LogP contribution in [0.15, 0.2) is 0 Å². The molecular weight excluding hydrogens is 222 g/mol. The molecule has 0 fully saturated rings. The van der Waals surface area contributed by atoms with Crippen molar-refractivity contribution in [2.45, 2.75) is 25.0 Å². The van der Waals surface area contributed by atoms with Gasteiger partial charge in [-0.2, -0.15) is 0 Å². The van der Waals surface area contributed by atoms with Crippen molar-refractivity contribution in [3.8, 4) is 0 Å². The molecule has 92 valence electrons. The summed E-state index contributed by atoms with van der Waals surface area (Å²) in [6.45, 7) is 0.493. The number of hydrogen-bond donors (Lipinski definition) is 4. The van der Waals surface area contributed by atoms with Crippen molar-refractivity contribution in [1.82, 2.24) is 0 Å². The van der Waals surface area contributed by atoms with E-state index in [0.717, 1.165) is 6.92 Å². The molecule has 0 bridgehead atoms. The van der Waals surface area contributed by atoms with Crippen molar-refractivity contribution in [3.63, 3.8) is 0 Å². The maximum Gasteiger partial charge on any atom is 0.347 e. The van der Waals surface area contributed by atoms with E-state index in [1.165, 1.54) is 0 Å². The summed E-state index contributed by atoms with van der Waals surface area (Å²) in [6.07, 6.45) is -0.175. The highest BCUT2D eigenvalue weighted by molar-refractivity contribution is 6.01. The Hall–Kier alpha value is -1.67. The van der Waals surface area contributed by atoms with Crippen LogP contribution in [0, 0.1) is 0 Å². The van der Waals surface area contributed by atoms with Gasteiger partial charge >= 0.3 is 17.9 Å². The van der Waals surface area contributed by atoms with Crippen LogP contribution in [0.1, 0.15) is 13.3 Å². The molecule has 0 saturated carbocycles. The van der Waals surface area contributed by atoms with Gasteiger partial charge in [0.2, 0.25) is 0 Å². The zero-order valence-corrected chi connectivity index (χ0v) is 8.54. The van der Waals surface area contributed by atoms with Gasteiger partial charge in [-0.25, -0.2) is 9.59 Å². The van der Waals surface area contributed by atoms with Crippen LogP contribution < -0.4 is 5.73 Å². The molecule has 0 aromatic carbocycles. The molecule has 0 rings (SSSR count). The molecule has 1 atom stereocenters. The highest BCUT2D eigenvalue weighted by atomic mass is 16.5. The third-order valence-corrected chi connectivity index (χ3v) is 1.95. The maximum atomic E-state index is 10.6. The summed E-state index contributed by atoms with van der Waals surface area (Å²) in [5, 5.41) is 25.7. The Labute approximate surface area is 90.6 Å². The summed E-state index contributed by atoms with van der Waals surface area (Å²) < 4.78 is 4.63. The predicted molar refractivity (Wildman–Crippen MR) is 49.9 cm³/mol. The summed E-state index contributed by atoms with van der Waals surface area (Å²) in [6, 6.07) is -1.22. The Morgan fingerprint density at radius 2 is 1.69 bits per heavy atom. The van der Waals surface area contributed by atoms with Crippen LogP contribution in [0.3, 0.4) is 0 Å². The summed E-state index contributed by atoms with van der Waals surface area (Å²) in [7, 11) is 0. The van der Waals surface area contributed by atoms with Gasteiger partial charge in [0.05, 0.1) is 6.61 Å². The average Bonchev–Trinajstić information content (AvgIpc) is 2.16. The molecule has 0 aliphatic heterocycles. The molecule has 0 aliphatic rings. The molecule has 8 nitrogen and oxygen atoms in total. The molecule has 0 spiro atoms. The van der Waals surface area contributed by atoms with Crippen LogP contribution in [0.2, 0.25) is 0 Å². The highest BCUT2D eigenvalue weighted by Gasteiger charge is 2.43. The van der Waals surface area contributed by atoms with E-state index in [2.05, 4.69) is 4.74 Å². The lowest BCUT2D eigenvalue weighted by molar-refractivity contribution is -0.181. The van der Waals surface area contributed by atoms with Crippen LogP contribution in [-0.4, -0.2) is 51.5 Å². The Kier molecular flexibility index (Phi) is 4.86. The quantitative estimate of drug-likeness (QED) is 0.399. The van der Waals surface area contributed by atoms with Gasteiger partial charge in [0.25, 0.3) is 5.60 Å². The fourth-order valence-corrected chi connectivity index (χ4v) is 0.728. The van der Waals surface area contributed by atoms with Crippen LogP contribution in [0.5, 0.6) is 0 Å². The van der Waals surface area contributed by atoms with E-state index < -0.39 is 29.6 Å². The summed E-state index contributed by atoms with van der Waals surface area (Å²) in [5.74, 6) is -4.59. The Morgan fingerprint density at radius 1 is 1.25 bits per heavy atom. The molecular formula is C8H13NO7. The van der Waals surface area contributed by atoms with Gasteiger partial charge in [-0.15, -0.1) is 0 Å². The molecule has 0 aliphatic carbocycles. The summed E-state index contributed by atoms with van der Waals surface area (Å²) in [5.41, 5.74) is 2.73. The molecule has 0 unspecified atom stereocenters. The van der Waals surface area contributed by atoms with Gasteiger partial charge in [0.15, 0.2) is 0 Å². The average molecular weight is 235 g/mol. The number of nitrogens with two attached hydrogens (primary N) is 1. The van der Waals surface area contributed by atoms with Crippen LogP contribution in [0.25, 0.3) is 0 Å². The third kappa shape index (κ3) is 3.48. The Bertz CT molecular complexity index is 287. The molecule has 0 aromatic rings. The van der Waals surface area contributed by atoms with Crippen LogP contribution >= 0.6 is 0 Å². The van der Waals surface area contributed by atoms with E-state index in [4.69, 9.17) is 21.1 Å². The predicted octanol–water partition coefficient (Wildman–Crippen LogP) is -1.27. The van der Waals surface area contributed by atoms with Crippen LogP contribution in [0.4, 0.5) is 0 Å². The summed E-state index contributed by atoms with van der Waals surface area (Å²) >= 11 is 0. The number of hydrogen-bond acceptors (Lipinski definition) is 5. The zero-order chi connectivity index (χ0) is 12.9. The van der Waals surface area contributed by atoms with Gasteiger partial charge in [-0.1, -0.05) is 0 Å². The Balaban J connectivity index is 4.31. The molecule has 0 aromatic heterocycles. The molecule has 0 radical (unpaired) electrons. The van der Waals surface area contributed by atoms with Crippen molar-refractivity contribution < 1.29 is 34.4 Å².